The van der Waals surface area contributed by atoms with Gasteiger partial charge in [-0.1, -0.05) is 42.5 Å². The molecule has 5 nitrogen and oxygen atoms in total. The lowest BCUT2D eigenvalue weighted by Gasteiger charge is -2.09. The van der Waals surface area contributed by atoms with Crippen molar-refractivity contribution in [3.8, 4) is 22.3 Å². The lowest BCUT2D eigenvalue weighted by Crippen LogP contribution is -2.31. The monoisotopic (exact) mass is 426 g/mol. The lowest BCUT2D eigenvalue weighted by molar-refractivity contribution is 0.426. The molecule has 5 aromatic rings. The molecule has 1 aliphatic rings. The minimum Gasteiger partial charge on any atom is -0.456 e. The van der Waals surface area contributed by atoms with Gasteiger partial charge in [0.15, 0.2) is 0 Å². The van der Waals surface area contributed by atoms with Gasteiger partial charge < -0.3 is 14.5 Å². The molecule has 6 rings (SSSR count). The maximum absolute atomic E-state index is 13.0. The Morgan fingerprint density at radius 3 is 2.29 bits per heavy atom. The van der Waals surface area contributed by atoms with E-state index in [9.17, 15) is 18.5 Å². The topological polar surface area (TPSA) is 87.7 Å². The maximum Gasteiger partial charge on any atom is 0.489 e. The summed E-state index contributed by atoms with van der Waals surface area (Å²) >= 11 is 0. The SMILES string of the molecule is O=S1(=O)c2ccc(-c3ccc4oc5ccccc5c4c3)cc2-c2c(B(O)O)cccc21. The van der Waals surface area contributed by atoms with Crippen LogP contribution >= 0.6 is 0 Å². The average Bonchev–Trinajstić information content (AvgIpc) is 3.26. The van der Waals surface area contributed by atoms with Gasteiger partial charge in [-0.2, -0.15) is 0 Å². The van der Waals surface area contributed by atoms with E-state index in [1.165, 1.54) is 18.2 Å². The predicted molar refractivity (Wildman–Crippen MR) is 120 cm³/mol. The molecule has 0 fully saturated rings. The van der Waals surface area contributed by atoms with Gasteiger partial charge in [0.05, 0.1) is 9.79 Å². The molecule has 0 bridgehead atoms. The van der Waals surface area contributed by atoms with E-state index in [0.29, 0.717) is 11.1 Å². The molecule has 31 heavy (non-hydrogen) atoms. The summed E-state index contributed by atoms with van der Waals surface area (Å²) in [6.45, 7) is 0. The standard InChI is InChI=1S/C24H15BO5S/c26-25(27)19-5-3-7-23-24(19)18-13-15(9-11-22(18)31(23,28)29)14-8-10-21-17(12-14)16-4-1-2-6-20(16)30-21/h1-13,26-27H. The van der Waals surface area contributed by atoms with Gasteiger partial charge in [0, 0.05) is 21.9 Å². The summed E-state index contributed by atoms with van der Waals surface area (Å²) in [5, 5.41) is 21.6. The molecule has 2 N–H and O–H groups in total. The molecule has 0 radical (unpaired) electrons. The number of furan rings is 1. The number of hydrogen-bond acceptors (Lipinski definition) is 5. The van der Waals surface area contributed by atoms with E-state index < -0.39 is 17.0 Å². The largest absolute Gasteiger partial charge is 0.489 e. The number of fused-ring (bicyclic) bond motifs is 6. The predicted octanol–water partition coefficient (Wildman–Crippen LogP) is 3.75. The molecule has 0 saturated carbocycles. The van der Waals surface area contributed by atoms with E-state index in [2.05, 4.69) is 0 Å². The summed E-state index contributed by atoms with van der Waals surface area (Å²) in [7, 11) is -5.48. The van der Waals surface area contributed by atoms with Crippen LogP contribution in [0.5, 0.6) is 0 Å². The van der Waals surface area contributed by atoms with Crippen molar-refractivity contribution in [2.45, 2.75) is 9.79 Å². The molecule has 4 aromatic carbocycles. The van der Waals surface area contributed by atoms with Crippen molar-refractivity contribution >= 4 is 44.4 Å². The van der Waals surface area contributed by atoms with Gasteiger partial charge in [-0.25, -0.2) is 8.42 Å². The first-order valence-electron chi connectivity index (χ1n) is 9.75. The van der Waals surface area contributed by atoms with Gasteiger partial charge in [-0.3, -0.25) is 0 Å². The van der Waals surface area contributed by atoms with Crippen LogP contribution in [-0.2, 0) is 9.84 Å². The third-order valence-corrected chi connectivity index (χ3v) is 7.73. The number of para-hydroxylation sites is 1. The Balaban J connectivity index is 1.60. The van der Waals surface area contributed by atoms with E-state index in [0.717, 1.165) is 33.1 Å². The molecule has 0 atom stereocenters. The summed E-state index contributed by atoms with van der Waals surface area (Å²) in [4.78, 5) is 0.274. The molecule has 1 aromatic heterocycles. The first kappa shape index (κ1) is 18.4. The quantitative estimate of drug-likeness (QED) is 0.412. The molecule has 7 heteroatoms. The Hall–Kier alpha value is -3.39. The van der Waals surface area contributed by atoms with E-state index >= 15 is 0 Å². The molecular formula is C24H15BO5S. The highest BCUT2D eigenvalue weighted by Crippen LogP contribution is 2.44. The van der Waals surface area contributed by atoms with Gasteiger partial charge >= 0.3 is 7.12 Å². The second-order valence-electron chi connectivity index (χ2n) is 7.62. The highest BCUT2D eigenvalue weighted by atomic mass is 32.2. The van der Waals surface area contributed by atoms with Crippen LogP contribution in [0, 0.1) is 0 Å². The zero-order chi connectivity index (χ0) is 21.3. The average molecular weight is 426 g/mol. The Morgan fingerprint density at radius 1 is 0.710 bits per heavy atom. The number of benzene rings is 4. The smallest absolute Gasteiger partial charge is 0.456 e. The van der Waals surface area contributed by atoms with Crippen LogP contribution in [0.2, 0.25) is 0 Å². The Kier molecular flexibility index (Phi) is 3.74. The zero-order valence-corrected chi connectivity index (χ0v) is 16.9. The third-order valence-electron chi connectivity index (χ3n) is 5.87. The van der Waals surface area contributed by atoms with Crippen LogP contribution in [0.25, 0.3) is 44.2 Å². The fourth-order valence-corrected chi connectivity index (χ4v) is 6.13. The minimum absolute atomic E-state index is 0.0986. The van der Waals surface area contributed by atoms with Crippen molar-refractivity contribution in [3.05, 3.63) is 78.9 Å². The van der Waals surface area contributed by atoms with Crippen molar-refractivity contribution in [1.29, 1.82) is 0 Å². The van der Waals surface area contributed by atoms with Crippen LogP contribution in [0.4, 0.5) is 0 Å². The first-order chi connectivity index (χ1) is 14.9. The van der Waals surface area contributed by atoms with Gasteiger partial charge in [-0.05, 0) is 53.0 Å². The molecule has 1 aliphatic heterocycles. The first-order valence-corrected chi connectivity index (χ1v) is 11.2. The van der Waals surface area contributed by atoms with E-state index in [-0.39, 0.29) is 15.3 Å². The van der Waals surface area contributed by atoms with Gasteiger partial charge in [0.2, 0.25) is 9.84 Å². The van der Waals surface area contributed by atoms with E-state index in [1.54, 1.807) is 18.2 Å². The number of sulfone groups is 1. The van der Waals surface area contributed by atoms with Crippen LogP contribution in [-0.4, -0.2) is 25.6 Å². The van der Waals surface area contributed by atoms with Gasteiger partial charge in [0.25, 0.3) is 0 Å². The van der Waals surface area contributed by atoms with Crippen molar-refractivity contribution in [1.82, 2.24) is 0 Å². The van der Waals surface area contributed by atoms with Gasteiger partial charge in [0.1, 0.15) is 11.2 Å². The molecule has 150 valence electrons. The molecule has 0 saturated heterocycles. The summed E-state index contributed by atoms with van der Waals surface area (Å²) in [6, 6.07) is 23.4. The van der Waals surface area contributed by atoms with Gasteiger partial charge in [-0.15, -0.1) is 0 Å². The van der Waals surface area contributed by atoms with Crippen molar-refractivity contribution < 1.29 is 22.9 Å². The van der Waals surface area contributed by atoms with Crippen molar-refractivity contribution in [2.24, 2.45) is 0 Å². The molecule has 0 spiro atoms. The molecule has 2 heterocycles. The van der Waals surface area contributed by atoms with Crippen LogP contribution in [0.1, 0.15) is 0 Å². The normalized spacial score (nSPS) is 14.0. The minimum atomic E-state index is -3.71. The second-order valence-corrected chi connectivity index (χ2v) is 9.50. The summed E-state index contributed by atoms with van der Waals surface area (Å²) in [5.41, 5.74) is 4.34. The molecule has 0 amide bonds. The highest BCUT2D eigenvalue weighted by molar-refractivity contribution is 7.92. The van der Waals surface area contributed by atoms with Crippen LogP contribution in [0.3, 0.4) is 0 Å². The van der Waals surface area contributed by atoms with Crippen molar-refractivity contribution in [2.75, 3.05) is 0 Å². The fraction of sp³-hybridized carbons (Fsp3) is 0. The number of hydrogen-bond donors (Lipinski definition) is 2. The summed E-state index contributed by atoms with van der Waals surface area (Å²) in [6.07, 6.45) is 0. The third kappa shape index (κ3) is 2.54. The Bertz CT molecular complexity index is 1630. The number of rotatable bonds is 2. The maximum atomic E-state index is 13.0. The van der Waals surface area contributed by atoms with Crippen molar-refractivity contribution in [3.63, 3.8) is 0 Å². The Morgan fingerprint density at radius 2 is 1.45 bits per heavy atom. The highest BCUT2D eigenvalue weighted by Gasteiger charge is 2.36. The molecular weight excluding hydrogens is 411 g/mol. The molecule has 0 unspecified atom stereocenters. The fourth-order valence-electron chi connectivity index (χ4n) is 4.44. The Labute approximate surface area is 178 Å². The van der Waals surface area contributed by atoms with E-state index in [4.69, 9.17) is 4.42 Å². The van der Waals surface area contributed by atoms with Crippen LogP contribution in [0.15, 0.2) is 93.1 Å². The second kappa shape index (κ2) is 6.31. The summed E-state index contributed by atoms with van der Waals surface area (Å²) < 4.78 is 31.9. The van der Waals surface area contributed by atoms with E-state index in [1.807, 2.05) is 42.5 Å². The van der Waals surface area contributed by atoms with Crippen LogP contribution < -0.4 is 5.46 Å². The summed E-state index contributed by atoms with van der Waals surface area (Å²) in [5.74, 6) is 0. The lowest BCUT2D eigenvalue weighted by atomic mass is 9.75. The molecule has 0 aliphatic carbocycles. The zero-order valence-electron chi connectivity index (χ0n) is 16.1.